The third-order valence-electron chi connectivity index (χ3n) is 5.05. The first-order valence-corrected chi connectivity index (χ1v) is 10.1. The maximum atomic E-state index is 4.73. The fourth-order valence-electron chi connectivity index (χ4n) is 3.66. The summed E-state index contributed by atoms with van der Waals surface area (Å²) < 4.78 is 0. The zero-order valence-corrected chi connectivity index (χ0v) is 16.3. The van der Waals surface area contributed by atoms with Gasteiger partial charge in [0.15, 0.2) is 5.96 Å². The largest absolute Gasteiger partial charge is 0.361 e. The van der Waals surface area contributed by atoms with Crippen molar-refractivity contribution in [1.29, 1.82) is 0 Å². The van der Waals surface area contributed by atoms with E-state index in [1.807, 2.05) is 0 Å². The molecule has 3 rings (SSSR count). The smallest absolute Gasteiger partial charge is 0.191 e. The molecule has 1 aromatic heterocycles. The molecule has 0 radical (unpaired) electrons. The summed E-state index contributed by atoms with van der Waals surface area (Å²) in [5.41, 5.74) is 3.87. The topological polar surface area (TPSA) is 55.5 Å². The molecule has 0 aliphatic carbocycles. The zero-order valence-electron chi connectivity index (χ0n) is 16.3. The molecule has 0 atom stereocenters. The minimum Gasteiger partial charge on any atom is -0.361 e. The van der Waals surface area contributed by atoms with Crippen LogP contribution in [0.4, 0.5) is 0 Å². The molecule has 5 nitrogen and oxygen atoms in total. The van der Waals surface area contributed by atoms with Crippen molar-refractivity contribution >= 4 is 16.9 Å². The van der Waals surface area contributed by atoms with Gasteiger partial charge in [0.25, 0.3) is 0 Å². The number of fused-ring (bicyclic) bond motifs is 1. The molecule has 26 heavy (non-hydrogen) atoms. The highest BCUT2D eigenvalue weighted by molar-refractivity contribution is 5.84. The van der Waals surface area contributed by atoms with Crippen molar-refractivity contribution in [3.05, 3.63) is 35.5 Å². The number of likely N-dealkylation sites (tertiary alicyclic amines) is 1. The van der Waals surface area contributed by atoms with Gasteiger partial charge in [0.05, 0.1) is 0 Å². The Bertz CT molecular complexity index is 712. The molecular formula is C21H33N5. The van der Waals surface area contributed by atoms with E-state index in [0.717, 1.165) is 38.4 Å². The molecule has 0 unspecified atom stereocenters. The number of nitrogens with zero attached hydrogens (tertiary/aromatic N) is 2. The zero-order chi connectivity index (χ0) is 18.2. The van der Waals surface area contributed by atoms with Crippen LogP contribution in [0.3, 0.4) is 0 Å². The summed E-state index contributed by atoms with van der Waals surface area (Å²) in [6.45, 7) is 10.6. The first kappa shape index (κ1) is 18.8. The van der Waals surface area contributed by atoms with Gasteiger partial charge < -0.3 is 20.5 Å². The van der Waals surface area contributed by atoms with Crippen molar-refractivity contribution in [3.63, 3.8) is 0 Å². The SMILES string of the molecule is CCNC(=NCCCN1CCCC1)NCCc1c[nH]c2cc(C)ccc12. The van der Waals surface area contributed by atoms with Crippen molar-refractivity contribution in [2.24, 2.45) is 4.99 Å². The highest BCUT2D eigenvalue weighted by Crippen LogP contribution is 2.19. The Labute approximate surface area is 157 Å². The van der Waals surface area contributed by atoms with Crippen LogP contribution in [-0.2, 0) is 6.42 Å². The minimum atomic E-state index is 0.887. The Balaban J connectivity index is 1.45. The van der Waals surface area contributed by atoms with Gasteiger partial charge >= 0.3 is 0 Å². The van der Waals surface area contributed by atoms with Crippen molar-refractivity contribution in [1.82, 2.24) is 20.5 Å². The third-order valence-corrected chi connectivity index (χ3v) is 5.05. The van der Waals surface area contributed by atoms with E-state index in [0.29, 0.717) is 0 Å². The molecule has 0 amide bonds. The standard InChI is InChI=1S/C21H33N5/c1-3-22-21(23-10-6-14-26-12-4-5-13-26)24-11-9-18-16-25-20-15-17(2)7-8-19(18)20/h7-8,15-16,25H,3-6,9-14H2,1-2H3,(H2,22,23,24). The predicted molar refractivity (Wildman–Crippen MR) is 111 cm³/mol. The normalized spacial score (nSPS) is 15.7. The molecule has 1 aromatic carbocycles. The molecule has 1 aliphatic heterocycles. The summed E-state index contributed by atoms with van der Waals surface area (Å²) in [5, 5.41) is 8.15. The summed E-state index contributed by atoms with van der Waals surface area (Å²) in [4.78, 5) is 10.7. The highest BCUT2D eigenvalue weighted by atomic mass is 15.2. The highest BCUT2D eigenvalue weighted by Gasteiger charge is 2.10. The number of H-pyrrole nitrogens is 1. The predicted octanol–water partition coefficient (Wildman–Crippen LogP) is 3.06. The molecule has 1 saturated heterocycles. The van der Waals surface area contributed by atoms with Crippen LogP contribution < -0.4 is 10.6 Å². The number of rotatable bonds is 8. The molecule has 3 N–H and O–H groups in total. The van der Waals surface area contributed by atoms with Gasteiger partial charge in [-0.15, -0.1) is 0 Å². The van der Waals surface area contributed by atoms with Gasteiger partial charge in [0.2, 0.25) is 0 Å². The minimum absolute atomic E-state index is 0.887. The average molecular weight is 356 g/mol. The Morgan fingerprint density at radius 2 is 2.08 bits per heavy atom. The fourth-order valence-corrected chi connectivity index (χ4v) is 3.66. The van der Waals surface area contributed by atoms with E-state index in [9.17, 15) is 0 Å². The van der Waals surface area contributed by atoms with Crippen molar-refractivity contribution in [2.45, 2.75) is 39.5 Å². The van der Waals surface area contributed by atoms with Crippen LogP contribution >= 0.6 is 0 Å². The third kappa shape index (κ3) is 5.24. The molecule has 1 aliphatic rings. The van der Waals surface area contributed by atoms with E-state index in [1.54, 1.807) is 0 Å². The summed E-state index contributed by atoms with van der Waals surface area (Å²) in [7, 11) is 0. The average Bonchev–Trinajstić information content (AvgIpc) is 3.28. The van der Waals surface area contributed by atoms with Gasteiger partial charge in [-0.2, -0.15) is 0 Å². The van der Waals surface area contributed by atoms with Gasteiger partial charge in [-0.3, -0.25) is 4.99 Å². The van der Waals surface area contributed by atoms with E-state index >= 15 is 0 Å². The summed E-state index contributed by atoms with van der Waals surface area (Å²) in [6.07, 6.45) is 6.98. The number of nitrogens with one attached hydrogen (secondary N) is 3. The number of aromatic nitrogens is 1. The van der Waals surface area contributed by atoms with Gasteiger partial charge in [0.1, 0.15) is 0 Å². The van der Waals surface area contributed by atoms with Crippen LogP contribution in [0.5, 0.6) is 0 Å². The van der Waals surface area contributed by atoms with Crippen LogP contribution in [0, 0.1) is 6.92 Å². The lowest BCUT2D eigenvalue weighted by molar-refractivity contribution is 0.336. The van der Waals surface area contributed by atoms with E-state index in [2.05, 4.69) is 58.8 Å². The Morgan fingerprint density at radius 1 is 1.23 bits per heavy atom. The lowest BCUT2D eigenvalue weighted by atomic mass is 10.1. The molecule has 0 spiro atoms. The molecule has 2 heterocycles. The molecule has 0 bridgehead atoms. The number of aryl methyl sites for hydroxylation is 1. The lowest BCUT2D eigenvalue weighted by Gasteiger charge is -2.14. The maximum absolute atomic E-state index is 4.73. The van der Waals surface area contributed by atoms with E-state index in [1.165, 1.54) is 54.5 Å². The Kier molecular flexibility index (Phi) is 6.95. The number of hydrogen-bond donors (Lipinski definition) is 3. The molecule has 142 valence electrons. The quantitative estimate of drug-likeness (QED) is 0.387. The lowest BCUT2D eigenvalue weighted by Crippen LogP contribution is -2.38. The first-order valence-electron chi connectivity index (χ1n) is 10.1. The Hall–Kier alpha value is -2.01. The summed E-state index contributed by atoms with van der Waals surface area (Å²) >= 11 is 0. The summed E-state index contributed by atoms with van der Waals surface area (Å²) in [6, 6.07) is 6.60. The van der Waals surface area contributed by atoms with Gasteiger partial charge in [-0.05, 0) is 76.4 Å². The molecule has 0 saturated carbocycles. The van der Waals surface area contributed by atoms with Crippen molar-refractivity contribution in [3.8, 4) is 0 Å². The van der Waals surface area contributed by atoms with Crippen LogP contribution in [0.25, 0.3) is 10.9 Å². The van der Waals surface area contributed by atoms with Crippen molar-refractivity contribution in [2.75, 3.05) is 39.3 Å². The monoisotopic (exact) mass is 355 g/mol. The second-order valence-corrected chi connectivity index (χ2v) is 7.20. The second kappa shape index (κ2) is 9.62. The van der Waals surface area contributed by atoms with Gasteiger partial charge in [-0.25, -0.2) is 0 Å². The molecule has 2 aromatic rings. The number of aliphatic imine (C=N–C) groups is 1. The van der Waals surface area contributed by atoms with Gasteiger partial charge in [0, 0.05) is 36.7 Å². The first-order chi connectivity index (χ1) is 12.8. The number of benzene rings is 1. The van der Waals surface area contributed by atoms with Gasteiger partial charge in [-0.1, -0.05) is 12.1 Å². The molecule has 1 fully saturated rings. The molecular weight excluding hydrogens is 322 g/mol. The second-order valence-electron chi connectivity index (χ2n) is 7.20. The number of aromatic amines is 1. The molecule has 5 heteroatoms. The van der Waals surface area contributed by atoms with E-state index < -0.39 is 0 Å². The van der Waals surface area contributed by atoms with E-state index in [4.69, 9.17) is 4.99 Å². The number of guanidine groups is 1. The fraction of sp³-hybridized carbons (Fsp3) is 0.571. The van der Waals surface area contributed by atoms with Crippen LogP contribution in [0.2, 0.25) is 0 Å². The van der Waals surface area contributed by atoms with Crippen LogP contribution in [0.15, 0.2) is 29.4 Å². The summed E-state index contributed by atoms with van der Waals surface area (Å²) in [5.74, 6) is 0.935. The van der Waals surface area contributed by atoms with Crippen LogP contribution in [-0.4, -0.2) is 55.1 Å². The van der Waals surface area contributed by atoms with E-state index in [-0.39, 0.29) is 0 Å². The number of hydrogen-bond acceptors (Lipinski definition) is 2. The van der Waals surface area contributed by atoms with Crippen molar-refractivity contribution < 1.29 is 0 Å². The van der Waals surface area contributed by atoms with Crippen LogP contribution in [0.1, 0.15) is 37.3 Å². The Morgan fingerprint density at radius 3 is 2.88 bits per heavy atom. The maximum Gasteiger partial charge on any atom is 0.191 e.